The molecule has 7 nitrogen and oxygen atoms in total. The van der Waals surface area contributed by atoms with Crippen molar-refractivity contribution in [3.63, 3.8) is 0 Å². The Labute approximate surface area is 119 Å². The summed E-state index contributed by atoms with van der Waals surface area (Å²) in [5.74, 6) is 0.472. The average Bonchev–Trinajstić information content (AvgIpc) is 2.99. The third-order valence-corrected chi connectivity index (χ3v) is 3.50. The van der Waals surface area contributed by atoms with Crippen molar-refractivity contribution >= 4 is 17.7 Å². The molecule has 2 rings (SSSR count). The summed E-state index contributed by atoms with van der Waals surface area (Å²) in [5.41, 5.74) is 0.813. The van der Waals surface area contributed by atoms with E-state index in [9.17, 15) is 4.79 Å². The molecule has 0 aromatic carbocycles. The number of hydrogen-bond acceptors (Lipinski definition) is 6. The first kappa shape index (κ1) is 14.6. The summed E-state index contributed by atoms with van der Waals surface area (Å²) in [6.07, 6.45) is 1.61. The molecule has 8 heteroatoms. The molecule has 0 amide bonds. The van der Waals surface area contributed by atoms with Gasteiger partial charge in [-0.3, -0.25) is 9.36 Å². The number of hydrogen-bond donors (Lipinski definition) is 1. The van der Waals surface area contributed by atoms with Gasteiger partial charge in [-0.1, -0.05) is 11.8 Å². The second-order valence-electron chi connectivity index (χ2n) is 4.08. The predicted octanol–water partition coefficient (Wildman–Crippen LogP) is 1.67. The van der Waals surface area contributed by atoms with Gasteiger partial charge in [0.2, 0.25) is 0 Å². The van der Waals surface area contributed by atoms with E-state index in [-0.39, 0.29) is 5.75 Å². The van der Waals surface area contributed by atoms with Crippen LogP contribution in [0.15, 0.2) is 21.9 Å². The SMILES string of the molecule is COCCn1c(SCC(=O)O)nnc1-c1coc(C)c1. The number of carboxylic acid groups (broad SMARTS) is 1. The van der Waals surface area contributed by atoms with Crippen LogP contribution in [-0.4, -0.2) is 45.3 Å². The van der Waals surface area contributed by atoms with Crippen molar-refractivity contribution in [3.8, 4) is 11.4 Å². The van der Waals surface area contributed by atoms with Crippen LogP contribution in [-0.2, 0) is 16.1 Å². The minimum atomic E-state index is -0.892. The number of nitrogens with zero attached hydrogens (tertiary/aromatic N) is 3. The molecule has 0 saturated carbocycles. The monoisotopic (exact) mass is 297 g/mol. The van der Waals surface area contributed by atoms with Crippen molar-refractivity contribution in [2.45, 2.75) is 18.6 Å². The summed E-state index contributed by atoms with van der Waals surface area (Å²) in [5, 5.41) is 17.5. The summed E-state index contributed by atoms with van der Waals surface area (Å²) in [6.45, 7) is 2.88. The fourth-order valence-electron chi connectivity index (χ4n) is 1.68. The number of carboxylic acids is 1. The Hall–Kier alpha value is -1.80. The van der Waals surface area contributed by atoms with Crippen molar-refractivity contribution in [2.75, 3.05) is 19.5 Å². The zero-order chi connectivity index (χ0) is 14.5. The van der Waals surface area contributed by atoms with Crippen LogP contribution in [0.4, 0.5) is 0 Å². The van der Waals surface area contributed by atoms with E-state index >= 15 is 0 Å². The maximum Gasteiger partial charge on any atom is 0.313 e. The van der Waals surface area contributed by atoms with Crippen LogP contribution in [0, 0.1) is 6.92 Å². The van der Waals surface area contributed by atoms with Gasteiger partial charge in [0.15, 0.2) is 11.0 Å². The van der Waals surface area contributed by atoms with Gasteiger partial charge in [-0.05, 0) is 13.0 Å². The molecule has 0 radical (unpaired) electrons. The van der Waals surface area contributed by atoms with Crippen LogP contribution in [0.25, 0.3) is 11.4 Å². The molecule has 2 aromatic heterocycles. The van der Waals surface area contributed by atoms with E-state index in [0.717, 1.165) is 23.1 Å². The second kappa shape index (κ2) is 6.58. The largest absolute Gasteiger partial charge is 0.481 e. The average molecular weight is 297 g/mol. The van der Waals surface area contributed by atoms with E-state index in [1.807, 2.05) is 17.6 Å². The highest BCUT2D eigenvalue weighted by Gasteiger charge is 2.16. The molecular weight excluding hydrogens is 282 g/mol. The highest BCUT2D eigenvalue weighted by molar-refractivity contribution is 7.99. The molecule has 108 valence electrons. The Morgan fingerprint density at radius 2 is 2.35 bits per heavy atom. The normalized spacial score (nSPS) is 10.9. The highest BCUT2D eigenvalue weighted by Crippen LogP contribution is 2.25. The summed E-state index contributed by atoms with van der Waals surface area (Å²) in [7, 11) is 1.61. The Bertz CT molecular complexity index is 593. The first-order chi connectivity index (χ1) is 9.61. The molecule has 0 bridgehead atoms. The Kier molecular flexibility index (Phi) is 4.80. The lowest BCUT2D eigenvalue weighted by Gasteiger charge is -2.07. The fourth-order valence-corrected chi connectivity index (χ4v) is 2.36. The van der Waals surface area contributed by atoms with Crippen LogP contribution in [0.5, 0.6) is 0 Å². The van der Waals surface area contributed by atoms with Crippen LogP contribution >= 0.6 is 11.8 Å². The first-order valence-electron chi connectivity index (χ1n) is 5.94. The fraction of sp³-hybridized carbons (Fsp3) is 0.417. The second-order valence-corrected chi connectivity index (χ2v) is 5.02. The molecule has 0 aliphatic heterocycles. The van der Waals surface area contributed by atoms with Crippen LogP contribution in [0.3, 0.4) is 0 Å². The molecule has 1 N–H and O–H groups in total. The van der Waals surface area contributed by atoms with Gasteiger partial charge in [0.1, 0.15) is 12.0 Å². The molecule has 0 unspecified atom stereocenters. The van der Waals surface area contributed by atoms with Gasteiger partial charge < -0.3 is 14.3 Å². The lowest BCUT2D eigenvalue weighted by molar-refractivity contribution is -0.133. The van der Waals surface area contributed by atoms with Crippen LogP contribution < -0.4 is 0 Å². The van der Waals surface area contributed by atoms with Gasteiger partial charge in [0.25, 0.3) is 0 Å². The lowest BCUT2D eigenvalue weighted by atomic mass is 10.3. The number of carbonyl (C=O) groups is 1. The van der Waals surface area contributed by atoms with Crippen molar-refractivity contribution in [3.05, 3.63) is 18.1 Å². The summed E-state index contributed by atoms with van der Waals surface area (Å²) < 4.78 is 12.2. The Balaban J connectivity index is 2.28. The van der Waals surface area contributed by atoms with Crippen LogP contribution in [0.2, 0.25) is 0 Å². The number of aromatic nitrogens is 3. The summed E-state index contributed by atoms with van der Waals surface area (Å²) in [4.78, 5) is 10.7. The van der Waals surface area contributed by atoms with Gasteiger partial charge in [-0.2, -0.15) is 0 Å². The lowest BCUT2D eigenvalue weighted by Crippen LogP contribution is -2.08. The third kappa shape index (κ3) is 3.40. The molecule has 0 atom stereocenters. The standard InChI is InChI=1S/C12H15N3O4S/c1-8-5-9(6-19-8)11-13-14-12(20-7-10(16)17)15(11)3-4-18-2/h5-6H,3-4,7H2,1-2H3,(H,16,17). The summed E-state index contributed by atoms with van der Waals surface area (Å²) >= 11 is 1.13. The number of thioether (sulfide) groups is 1. The van der Waals surface area contributed by atoms with E-state index < -0.39 is 5.97 Å². The predicted molar refractivity (Wildman–Crippen MR) is 72.7 cm³/mol. The van der Waals surface area contributed by atoms with Crippen molar-refractivity contribution in [1.82, 2.24) is 14.8 Å². The third-order valence-electron chi connectivity index (χ3n) is 2.55. The van der Waals surface area contributed by atoms with E-state index in [1.165, 1.54) is 0 Å². The molecule has 0 saturated heterocycles. The maximum absolute atomic E-state index is 10.7. The molecule has 0 fully saturated rings. The molecule has 2 heterocycles. The number of aliphatic carboxylic acids is 1. The Morgan fingerprint density at radius 3 is 2.95 bits per heavy atom. The number of ether oxygens (including phenoxy) is 1. The molecule has 20 heavy (non-hydrogen) atoms. The highest BCUT2D eigenvalue weighted by atomic mass is 32.2. The van der Waals surface area contributed by atoms with E-state index in [2.05, 4.69) is 10.2 Å². The number of furan rings is 1. The molecule has 0 spiro atoms. The minimum absolute atomic E-state index is 0.0600. The molecular formula is C12H15N3O4S. The summed E-state index contributed by atoms with van der Waals surface area (Å²) in [6, 6.07) is 1.86. The molecule has 2 aromatic rings. The minimum Gasteiger partial charge on any atom is -0.481 e. The van der Waals surface area contributed by atoms with Crippen molar-refractivity contribution in [2.24, 2.45) is 0 Å². The first-order valence-corrected chi connectivity index (χ1v) is 6.92. The van der Waals surface area contributed by atoms with Crippen molar-refractivity contribution in [1.29, 1.82) is 0 Å². The number of rotatable bonds is 7. The Morgan fingerprint density at radius 1 is 1.55 bits per heavy atom. The van der Waals surface area contributed by atoms with Crippen molar-refractivity contribution < 1.29 is 19.1 Å². The quantitative estimate of drug-likeness (QED) is 0.777. The van der Waals surface area contributed by atoms with E-state index in [4.69, 9.17) is 14.3 Å². The van der Waals surface area contributed by atoms with Crippen LogP contribution in [0.1, 0.15) is 5.76 Å². The molecule has 0 aliphatic rings. The van der Waals surface area contributed by atoms with Gasteiger partial charge in [0, 0.05) is 7.11 Å². The zero-order valence-corrected chi connectivity index (χ0v) is 12.0. The number of methoxy groups -OCH3 is 1. The topological polar surface area (TPSA) is 90.4 Å². The van der Waals surface area contributed by atoms with Gasteiger partial charge in [-0.15, -0.1) is 10.2 Å². The van der Waals surface area contributed by atoms with E-state index in [0.29, 0.717) is 24.1 Å². The van der Waals surface area contributed by atoms with Gasteiger partial charge in [-0.25, -0.2) is 0 Å². The maximum atomic E-state index is 10.7. The molecule has 0 aliphatic carbocycles. The van der Waals surface area contributed by atoms with Gasteiger partial charge >= 0.3 is 5.97 Å². The smallest absolute Gasteiger partial charge is 0.313 e. The zero-order valence-electron chi connectivity index (χ0n) is 11.2. The van der Waals surface area contributed by atoms with Gasteiger partial charge in [0.05, 0.1) is 24.5 Å². The number of aryl methyl sites for hydroxylation is 1. The van der Waals surface area contributed by atoms with E-state index in [1.54, 1.807) is 13.4 Å².